The number of nitrogens with zero attached hydrogens (tertiary/aromatic N) is 2. The Hall–Kier alpha value is -8.28. The molecule has 0 bridgehead atoms. The standard InChI is InChI=1S/C56H36N2O3/c1-4-14-40(15-5-1)57(41-16-6-2-7-17-41)43-30-33-52-55(36-43)61-51-32-29-39(35-54(51)60-52)38-27-26-37-28-31-45-44(47(37)34-38)21-12-22-48(45)58(42-18-8-3-9-19-42)49-23-13-25-53-56(49)46-20-10-11-24-50(46)59-53/h1-36H. The van der Waals surface area contributed by atoms with Crippen molar-refractivity contribution in [1.82, 2.24) is 0 Å². The summed E-state index contributed by atoms with van der Waals surface area (Å²) in [6.45, 7) is 0. The molecule has 0 saturated carbocycles. The van der Waals surface area contributed by atoms with Gasteiger partial charge in [0, 0.05) is 33.9 Å². The largest absolute Gasteiger partial charge is 0.456 e. The van der Waals surface area contributed by atoms with Crippen LogP contribution in [0.1, 0.15) is 0 Å². The first-order chi connectivity index (χ1) is 30.2. The van der Waals surface area contributed by atoms with E-state index in [1.165, 1.54) is 16.2 Å². The fourth-order valence-electron chi connectivity index (χ4n) is 8.86. The number of para-hydroxylation sites is 4. The van der Waals surface area contributed by atoms with Gasteiger partial charge in [-0.1, -0.05) is 121 Å². The molecule has 0 aliphatic carbocycles. The average molecular weight is 785 g/mol. The summed E-state index contributed by atoms with van der Waals surface area (Å²) in [6, 6.07) is 76.0. The lowest BCUT2D eigenvalue weighted by Gasteiger charge is -2.28. The first-order valence-corrected chi connectivity index (χ1v) is 20.5. The lowest BCUT2D eigenvalue weighted by atomic mass is 9.95. The van der Waals surface area contributed by atoms with E-state index in [4.69, 9.17) is 13.9 Å². The van der Waals surface area contributed by atoms with Crippen LogP contribution in [0.25, 0.3) is 54.6 Å². The first-order valence-electron chi connectivity index (χ1n) is 20.5. The predicted octanol–water partition coefficient (Wildman–Crippen LogP) is 16.4. The number of ether oxygens (including phenoxy) is 2. The van der Waals surface area contributed by atoms with Crippen molar-refractivity contribution in [3.05, 3.63) is 218 Å². The van der Waals surface area contributed by atoms with Gasteiger partial charge in [-0.15, -0.1) is 0 Å². The SMILES string of the molecule is c1ccc(N(c2ccccc2)c2ccc3c(c2)Oc2ccc(-c4ccc5ccc6c(N(c7ccccc7)c7cccc8oc9ccccc9c78)cccc6c5c4)cc2O3)cc1. The van der Waals surface area contributed by atoms with Crippen LogP contribution >= 0.6 is 0 Å². The molecule has 5 heteroatoms. The topological polar surface area (TPSA) is 38.1 Å². The van der Waals surface area contributed by atoms with E-state index < -0.39 is 0 Å². The fourth-order valence-corrected chi connectivity index (χ4v) is 8.86. The maximum Gasteiger partial charge on any atom is 0.172 e. The summed E-state index contributed by atoms with van der Waals surface area (Å²) in [4.78, 5) is 4.58. The van der Waals surface area contributed by atoms with Crippen molar-refractivity contribution in [2.24, 2.45) is 0 Å². The van der Waals surface area contributed by atoms with Gasteiger partial charge in [-0.25, -0.2) is 0 Å². The highest BCUT2D eigenvalue weighted by Crippen LogP contribution is 2.50. The zero-order valence-electron chi connectivity index (χ0n) is 32.9. The van der Waals surface area contributed by atoms with Gasteiger partial charge in [0.05, 0.1) is 22.4 Å². The molecule has 0 saturated heterocycles. The second-order valence-electron chi connectivity index (χ2n) is 15.3. The summed E-state index contributed by atoms with van der Waals surface area (Å²) in [5.74, 6) is 2.70. The van der Waals surface area contributed by atoms with E-state index in [1.807, 2.05) is 42.5 Å². The molecule has 0 unspecified atom stereocenters. The third kappa shape index (κ3) is 5.94. The third-order valence-corrected chi connectivity index (χ3v) is 11.7. The van der Waals surface area contributed by atoms with Crippen LogP contribution in [0.3, 0.4) is 0 Å². The van der Waals surface area contributed by atoms with Crippen molar-refractivity contribution in [2.45, 2.75) is 0 Å². The predicted molar refractivity (Wildman–Crippen MR) is 250 cm³/mol. The highest BCUT2D eigenvalue weighted by Gasteiger charge is 2.24. The molecular formula is C56H36N2O3. The van der Waals surface area contributed by atoms with Gasteiger partial charge in [0.1, 0.15) is 11.2 Å². The molecular weight excluding hydrogens is 749 g/mol. The molecule has 0 fully saturated rings. The number of hydrogen-bond donors (Lipinski definition) is 0. The van der Waals surface area contributed by atoms with Gasteiger partial charge in [-0.05, 0) is 118 Å². The fraction of sp³-hybridized carbons (Fsp3) is 0. The Morgan fingerprint density at radius 3 is 1.61 bits per heavy atom. The van der Waals surface area contributed by atoms with E-state index in [2.05, 4.69) is 186 Å². The van der Waals surface area contributed by atoms with Gasteiger partial charge in [0.15, 0.2) is 23.0 Å². The Labute approximate surface area is 352 Å². The maximum atomic E-state index is 6.57. The van der Waals surface area contributed by atoms with Gasteiger partial charge in [-0.3, -0.25) is 0 Å². The van der Waals surface area contributed by atoms with Crippen LogP contribution in [0.4, 0.5) is 34.1 Å². The lowest BCUT2D eigenvalue weighted by Crippen LogP contribution is -2.10. The summed E-state index contributed by atoms with van der Waals surface area (Å²) >= 11 is 0. The lowest BCUT2D eigenvalue weighted by molar-refractivity contribution is 0.360. The number of fused-ring (bicyclic) bond motifs is 8. The monoisotopic (exact) mass is 784 g/mol. The smallest absolute Gasteiger partial charge is 0.172 e. The molecule has 5 nitrogen and oxygen atoms in total. The molecule has 11 aromatic rings. The summed E-state index contributed by atoms with van der Waals surface area (Å²) < 4.78 is 19.5. The quantitative estimate of drug-likeness (QED) is 0.151. The van der Waals surface area contributed by atoms with E-state index in [-0.39, 0.29) is 0 Å². The summed E-state index contributed by atoms with van der Waals surface area (Å²) in [5, 5.41) is 6.84. The second-order valence-corrected chi connectivity index (χ2v) is 15.3. The normalized spacial score (nSPS) is 11.9. The summed E-state index contributed by atoms with van der Waals surface area (Å²) in [5.41, 5.74) is 10.2. The highest BCUT2D eigenvalue weighted by atomic mass is 16.6. The van der Waals surface area contributed by atoms with Crippen LogP contribution in [0.15, 0.2) is 223 Å². The van der Waals surface area contributed by atoms with E-state index in [0.29, 0.717) is 23.0 Å². The van der Waals surface area contributed by atoms with Crippen LogP contribution in [0.2, 0.25) is 0 Å². The molecule has 288 valence electrons. The number of benzene rings is 10. The Balaban J connectivity index is 0.922. The molecule has 0 amide bonds. The molecule has 0 spiro atoms. The van der Waals surface area contributed by atoms with E-state index in [1.54, 1.807) is 0 Å². The number of hydrogen-bond acceptors (Lipinski definition) is 5. The van der Waals surface area contributed by atoms with Crippen molar-refractivity contribution < 1.29 is 13.9 Å². The van der Waals surface area contributed by atoms with Crippen molar-refractivity contribution in [3.63, 3.8) is 0 Å². The van der Waals surface area contributed by atoms with Crippen LogP contribution in [0.5, 0.6) is 23.0 Å². The van der Waals surface area contributed by atoms with Crippen LogP contribution in [-0.2, 0) is 0 Å². The molecule has 1 aromatic heterocycles. The molecule has 10 aromatic carbocycles. The van der Waals surface area contributed by atoms with Gasteiger partial charge >= 0.3 is 0 Å². The van der Waals surface area contributed by atoms with Crippen molar-refractivity contribution in [1.29, 1.82) is 0 Å². The van der Waals surface area contributed by atoms with Crippen molar-refractivity contribution in [3.8, 4) is 34.1 Å². The number of furan rings is 1. The van der Waals surface area contributed by atoms with Crippen LogP contribution in [-0.4, -0.2) is 0 Å². The Morgan fingerprint density at radius 2 is 0.852 bits per heavy atom. The Morgan fingerprint density at radius 1 is 0.295 bits per heavy atom. The van der Waals surface area contributed by atoms with Gasteiger partial charge < -0.3 is 23.7 Å². The first kappa shape index (κ1) is 34.7. The average Bonchev–Trinajstić information content (AvgIpc) is 3.71. The molecule has 0 N–H and O–H groups in total. The molecule has 1 aliphatic heterocycles. The van der Waals surface area contributed by atoms with E-state index in [0.717, 1.165) is 72.6 Å². The molecule has 0 atom stereocenters. The Bertz CT molecular complexity index is 3400. The van der Waals surface area contributed by atoms with Gasteiger partial charge in [-0.2, -0.15) is 0 Å². The Kier molecular flexibility index (Phi) is 8.10. The number of anilines is 6. The molecule has 61 heavy (non-hydrogen) atoms. The summed E-state index contributed by atoms with van der Waals surface area (Å²) in [6.07, 6.45) is 0. The van der Waals surface area contributed by atoms with Crippen LogP contribution < -0.4 is 19.3 Å². The zero-order valence-corrected chi connectivity index (χ0v) is 32.9. The molecule has 0 radical (unpaired) electrons. The van der Waals surface area contributed by atoms with E-state index in [9.17, 15) is 0 Å². The van der Waals surface area contributed by atoms with Crippen LogP contribution in [0, 0.1) is 0 Å². The van der Waals surface area contributed by atoms with Crippen molar-refractivity contribution in [2.75, 3.05) is 9.80 Å². The van der Waals surface area contributed by atoms with Gasteiger partial charge in [0.25, 0.3) is 0 Å². The summed E-state index contributed by atoms with van der Waals surface area (Å²) in [7, 11) is 0. The number of rotatable bonds is 7. The zero-order chi connectivity index (χ0) is 40.3. The minimum absolute atomic E-state index is 0.671. The molecule has 1 aliphatic rings. The van der Waals surface area contributed by atoms with Crippen molar-refractivity contribution >= 4 is 77.6 Å². The van der Waals surface area contributed by atoms with Gasteiger partial charge in [0.2, 0.25) is 0 Å². The molecule has 2 heterocycles. The third-order valence-electron chi connectivity index (χ3n) is 11.7. The maximum absolute atomic E-state index is 6.57. The highest BCUT2D eigenvalue weighted by molar-refractivity contribution is 6.17. The minimum atomic E-state index is 0.671. The van der Waals surface area contributed by atoms with E-state index >= 15 is 0 Å². The molecule has 12 rings (SSSR count). The minimum Gasteiger partial charge on any atom is -0.456 e. The second kappa shape index (κ2) is 14.2.